The zero-order chi connectivity index (χ0) is 15.5. The van der Waals surface area contributed by atoms with Crippen molar-refractivity contribution < 1.29 is 14.0 Å². The Kier molecular flexibility index (Phi) is 4.52. The quantitative estimate of drug-likeness (QED) is 0.869. The maximum absolute atomic E-state index is 12.9. The van der Waals surface area contributed by atoms with Crippen molar-refractivity contribution in [3.63, 3.8) is 0 Å². The third-order valence-corrected chi connectivity index (χ3v) is 4.66. The molecule has 1 aromatic carbocycles. The number of piperidine rings is 1. The first kappa shape index (κ1) is 15.2. The standard InChI is InChI=1S/C17H21FN2O2/c18-14-5-3-12(4-6-14)16(21)13-7-10-20(11-8-13)17(22)15-2-1-9-19-15/h3-6,13,15,19H,1-2,7-11H2. The number of halogens is 1. The molecule has 2 saturated heterocycles. The third-order valence-electron chi connectivity index (χ3n) is 4.66. The lowest BCUT2D eigenvalue weighted by Gasteiger charge is -2.33. The summed E-state index contributed by atoms with van der Waals surface area (Å²) in [7, 11) is 0. The van der Waals surface area contributed by atoms with E-state index in [0.717, 1.165) is 19.4 Å². The van der Waals surface area contributed by atoms with Crippen LogP contribution in [-0.2, 0) is 4.79 Å². The lowest BCUT2D eigenvalue weighted by molar-refractivity contribution is -0.134. The number of nitrogens with one attached hydrogen (secondary N) is 1. The molecule has 2 fully saturated rings. The molecule has 1 aromatic rings. The van der Waals surface area contributed by atoms with Crippen LogP contribution in [-0.4, -0.2) is 42.3 Å². The number of likely N-dealkylation sites (tertiary alicyclic amines) is 1. The van der Waals surface area contributed by atoms with Crippen LogP contribution in [0.1, 0.15) is 36.0 Å². The van der Waals surface area contributed by atoms with E-state index in [1.54, 1.807) is 0 Å². The van der Waals surface area contributed by atoms with Gasteiger partial charge in [0.15, 0.2) is 5.78 Å². The summed E-state index contributed by atoms with van der Waals surface area (Å²) >= 11 is 0. The van der Waals surface area contributed by atoms with Gasteiger partial charge in [0.2, 0.25) is 5.91 Å². The molecule has 2 aliphatic rings. The highest BCUT2D eigenvalue weighted by Gasteiger charge is 2.32. The van der Waals surface area contributed by atoms with E-state index in [2.05, 4.69) is 5.32 Å². The average molecular weight is 304 g/mol. The topological polar surface area (TPSA) is 49.4 Å². The van der Waals surface area contributed by atoms with Crippen LogP contribution in [0.5, 0.6) is 0 Å². The summed E-state index contributed by atoms with van der Waals surface area (Å²) in [4.78, 5) is 26.6. The van der Waals surface area contributed by atoms with Crippen LogP contribution >= 0.6 is 0 Å². The Balaban J connectivity index is 1.56. The van der Waals surface area contributed by atoms with Crippen molar-refractivity contribution in [1.82, 2.24) is 10.2 Å². The van der Waals surface area contributed by atoms with Crippen LogP contribution < -0.4 is 5.32 Å². The minimum atomic E-state index is -0.332. The second kappa shape index (κ2) is 6.57. The molecule has 5 heteroatoms. The fourth-order valence-electron chi connectivity index (χ4n) is 3.33. The van der Waals surface area contributed by atoms with Gasteiger partial charge in [-0.3, -0.25) is 9.59 Å². The van der Waals surface area contributed by atoms with Gasteiger partial charge >= 0.3 is 0 Å². The highest BCUT2D eigenvalue weighted by atomic mass is 19.1. The lowest BCUT2D eigenvalue weighted by atomic mass is 9.88. The highest BCUT2D eigenvalue weighted by Crippen LogP contribution is 2.23. The summed E-state index contributed by atoms with van der Waals surface area (Å²) in [5.74, 6) is -0.164. The molecule has 2 aliphatic heterocycles. The number of benzene rings is 1. The van der Waals surface area contributed by atoms with E-state index in [1.165, 1.54) is 24.3 Å². The van der Waals surface area contributed by atoms with Gasteiger partial charge in [0.25, 0.3) is 0 Å². The zero-order valence-corrected chi connectivity index (χ0v) is 12.6. The van der Waals surface area contributed by atoms with E-state index in [0.29, 0.717) is 31.5 Å². The van der Waals surface area contributed by atoms with E-state index in [1.807, 2.05) is 4.90 Å². The minimum Gasteiger partial charge on any atom is -0.341 e. The summed E-state index contributed by atoms with van der Waals surface area (Å²) in [6, 6.07) is 5.68. The Hall–Kier alpha value is -1.75. The number of carbonyl (C=O) groups excluding carboxylic acids is 2. The van der Waals surface area contributed by atoms with E-state index >= 15 is 0 Å². The summed E-state index contributed by atoms with van der Waals surface area (Å²) in [6.07, 6.45) is 3.34. The number of hydrogen-bond donors (Lipinski definition) is 1. The largest absolute Gasteiger partial charge is 0.341 e. The van der Waals surface area contributed by atoms with Crippen LogP contribution in [0, 0.1) is 11.7 Å². The number of Topliss-reactive ketones (excluding diaryl/α,β-unsaturated/α-hetero) is 1. The first-order valence-corrected chi connectivity index (χ1v) is 7.97. The van der Waals surface area contributed by atoms with Gasteiger partial charge in [-0.2, -0.15) is 0 Å². The second-order valence-electron chi connectivity index (χ2n) is 6.12. The maximum atomic E-state index is 12.9. The van der Waals surface area contributed by atoms with Gasteiger partial charge in [0.1, 0.15) is 5.82 Å². The number of amides is 1. The molecule has 3 rings (SSSR count). The predicted molar refractivity (Wildman–Crippen MR) is 81.1 cm³/mol. The maximum Gasteiger partial charge on any atom is 0.239 e. The fourth-order valence-corrected chi connectivity index (χ4v) is 3.33. The molecule has 1 atom stereocenters. The molecule has 1 amide bonds. The number of hydrogen-bond acceptors (Lipinski definition) is 3. The number of carbonyl (C=O) groups is 2. The summed E-state index contributed by atoms with van der Waals surface area (Å²) in [5.41, 5.74) is 0.559. The monoisotopic (exact) mass is 304 g/mol. The number of nitrogens with zero attached hydrogens (tertiary/aromatic N) is 1. The Morgan fingerprint density at radius 3 is 2.36 bits per heavy atom. The van der Waals surface area contributed by atoms with Crippen molar-refractivity contribution in [2.45, 2.75) is 31.7 Å². The Morgan fingerprint density at radius 1 is 1.09 bits per heavy atom. The Bertz CT molecular complexity index is 544. The van der Waals surface area contributed by atoms with Gasteiger partial charge < -0.3 is 10.2 Å². The predicted octanol–water partition coefficient (Wildman–Crippen LogP) is 2.00. The van der Waals surface area contributed by atoms with Gasteiger partial charge in [-0.25, -0.2) is 4.39 Å². The molecule has 1 unspecified atom stereocenters. The van der Waals surface area contributed by atoms with Gasteiger partial charge in [-0.05, 0) is 56.5 Å². The molecule has 4 nitrogen and oxygen atoms in total. The van der Waals surface area contributed by atoms with Crippen LogP contribution in [0.25, 0.3) is 0 Å². The van der Waals surface area contributed by atoms with Crippen molar-refractivity contribution in [1.29, 1.82) is 0 Å². The molecular weight excluding hydrogens is 283 g/mol. The molecule has 0 radical (unpaired) electrons. The van der Waals surface area contributed by atoms with Crippen molar-refractivity contribution in [3.05, 3.63) is 35.6 Å². The van der Waals surface area contributed by atoms with Crippen LogP contribution in [0.3, 0.4) is 0 Å². The smallest absolute Gasteiger partial charge is 0.239 e. The molecule has 0 saturated carbocycles. The van der Waals surface area contributed by atoms with Gasteiger partial charge in [0.05, 0.1) is 6.04 Å². The average Bonchev–Trinajstić information content (AvgIpc) is 3.09. The minimum absolute atomic E-state index is 0.0376. The van der Waals surface area contributed by atoms with Crippen molar-refractivity contribution in [2.75, 3.05) is 19.6 Å². The highest BCUT2D eigenvalue weighted by molar-refractivity contribution is 5.98. The third kappa shape index (κ3) is 3.19. The molecule has 22 heavy (non-hydrogen) atoms. The summed E-state index contributed by atoms with van der Waals surface area (Å²) in [5, 5.41) is 3.23. The summed E-state index contributed by atoms with van der Waals surface area (Å²) < 4.78 is 12.9. The van der Waals surface area contributed by atoms with Crippen molar-refractivity contribution >= 4 is 11.7 Å². The van der Waals surface area contributed by atoms with E-state index in [-0.39, 0.29) is 29.5 Å². The van der Waals surface area contributed by atoms with Gasteiger partial charge in [-0.15, -0.1) is 0 Å². The van der Waals surface area contributed by atoms with Crippen LogP contribution in [0.4, 0.5) is 4.39 Å². The van der Waals surface area contributed by atoms with Gasteiger partial charge in [0, 0.05) is 24.6 Å². The Morgan fingerprint density at radius 2 is 1.77 bits per heavy atom. The van der Waals surface area contributed by atoms with Gasteiger partial charge in [-0.1, -0.05) is 0 Å². The summed E-state index contributed by atoms with van der Waals surface area (Å²) in [6.45, 7) is 2.18. The normalized spacial score (nSPS) is 22.8. The molecule has 0 spiro atoms. The van der Waals surface area contributed by atoms with E-state index < -0.39 is 0 Å². The van der Waals surface area contributed by atoms with E-state index in [4.69, 9.17) is 0 Å². The Labute approximate surface area is 129 Å². The second-order valence-corrected chi connectivity index (χ2v) is 6.12. The molecule has 0 aromatic heterocycles. The van der Waals surface area contributed by atoms with Crippen molar-refractivity contribution in [3.8, 4) is 0 Å². The molecule has 0 bridgehead atoms. The van der Waals surface area contributed by atoms with Crippen LogP contribution in [0.15, 0.2) is 24.3 Å². The first-order valence-electron chi connectivity index (χ1n) is 7.97. The lowest BCUT2D eigenvalue weighted by Crippen LogP contribution is -2.47. The first-order chi connectivity index (χ1) is 10.6. The fraction of sp³-hybridized carbons (Fsp3) is 0.529. The van der Waals surface area contributed by atoms with Crippen molar-refractivity contribution in [2.24, 2.45) is 5.92 Å². The number of rotatable bonds is 3. The molecule has 0 aliphatic carbocycles. The molecule has 1 N–H and O–H groups in total. The molecular formula is C17H21FN2O2. The van der Waals surface area contributed by atoms with Crippen LogP contribution in [0.2, 0.25) is 0 Å². The zero-order valence-electron chi connectivity index (χ0n) is 12.6. The number of ketones is 1. The SMILES string of the molecule is O=C(c1ccc(F)cc1)C1CCN(C(=O)C2CCCN2)CC1. The molecule has 2 heterocycles. The van der Waals surface area contributed by atoms with E-state index in [9.17, 15) is 14.0 Å². The molecule has 118 valence electrons.